The van der Waals surface area contributed by atoms with Gasteiger partial charge in [0.05, 0.1) is 14.2 Å². The fourth-order valence-electron chi connectivity index (χ4n) is 3.27. The van der Waals surface area contributed by atoms with Crippen molar-refractivity contribution in [2.45, 2.75) is 13.0 Å². The van der Waals surface area contributed by atoms with Crippen LogP contribution in [-0.4, -0.2) is 44.7 Å². The number of methoxy groups -OCH3 is 2. The number of amides is 1. The van der Waals surface area contributed by atoms with E-state index in [0.717, 1.165) is 18.5 Å². The van der Waals surface area contributed by atoms with E-state index in [2.05, 4.69) is 0 Å². The summed E-state index contributed by atoms with van der Waals surface area (Å²) in [7, 11) is 3.11. The maximum atomic E-state index is 12.9. The van der Waals surface area contributed by atoms with E-state index in [1.807, 2.05) is 35.2 Å². The molecule has 1 atom stereocenters. The van der Waals surface area contributed by atoms with Crippen molar-refractivity contribution < 1.29 is 19.0 Å². The van der Waals surface area contributed by atoms with Gasteiger partial charge in [0, 0.05) is 18.7 Å². The predicted octanol–water partition coefficient (Wildman–Crippen LogP) is 3.13. The molecule has 1 saturated heterocycles. The zero-order valence-electron chi connectivity index (χ0n) is 16.2. The maximum absolute atomic E-state index is 12.9. The van der Waals surface area contributed by atoms with Crippen molar-refractivity contribution in [2.24, 2.45) is 11.7 Å². The quantitative estimate of drug-likeness (QED) is 0.764. The van der Waals surface area contributed by atoms with Crippen LogP contribution in [0.1, 0.15) is 22.3 Å². The fourth-order valence-corrected chi connectivity index (χ4v) is 3.27. The standard InChI is InChI=1S/C21H26N2O4.ClH/c1-25-18-10-17(21(24)23-9-8-16(12-22)13-23)11-19(26-2)20(18)27-14-15-6-4-3-5-7-15;/h3-7,10-11,16H,8-9,12-14,22H2,1-2H3;1H. The lowest BCUT2D eigenvalue weighted by atomic mass is 10.1. The number of nitrogens with zero attached hydrogens (tertiary/aromatic N) is 1. The van der Waals surface area contributed by atoms with Crippen molar-refractivity contribution in [2.75, 3.05) is 33.9 Å². The molecule has 1 aliphatic rings. The molecule has 2 aromatic carbocycles. The van der Waals surface area contributed by atoms with Gasteiger partial charge in [-0.25, -0.2) is 0 Å². The molecule has 1 fully saturated rings. The van der Waals surface area contributed by atoms with Gasteiger partial charge in [0.1, 0.15) is 6.61 Å². The number of nitrogens with two attached hydrogens (primary N) is 1. The SMILES string of the molecule is COc1cc(C(=O)N2CCC(CN)C2)cc(OC)c1OCc1ccccc1.Cl. The van der Waals surface area contributed by atoms with Crippen molar-refractivity contribution in [1.82, 2.24) is 4.90 Å². The minimum atomic E-state index is -0.0443. The lowest BCUT2D eigenvalue weighted by molar-refractivity contribution is 0.0786. The summed E-state index contributed by atoms with van der Waals surface area (Å²) in [5, 5.41) is 0. The van der Waals surface area contributed by atoms with Gasteiger partial charge in [0.2, 0.25) is 5.75 Å². The molecule has 1 aliphatic heterocycles. The molecule has 1 amide bonds. The van der Waals surface area contributed by atoms with E-state index in [0.29, 0.717) is 48.4 Å². The largest absolute Gasteiger partial charge is 0.493 e. The van der Waals surface area contributed by atoms with Crippen molar-refractivity contribution in [3.05, 3.63) is 53.6 Å². The van der Waals surface area contributed by atoms with Gasteiger partial charge in [-0.05, 0) is 36.6 Å². The second-order valence-electron chi connectivity index (χ2n) is 6.63. The minimum absolute atomic E-state index is 0. The Morgan fingerprint density at radius 2 is 1.79 bits per heavy atom. The van der Waals surface area contributed by atoms with Crippen LogP contribution in [0.15, 0.2) is 42.5 Å². The normalized spacial score (nSPS) is 15.7. The lowest BCUT2D eigenvalue weighted by Crippen LogP contribution is -2.29. The number of rotatable bonds is 7. The topological polar surface area (TPSA) is 74.0 Å². The number of ether oxygens (including phenoxy) is 3. The van der Waals surface area contributed by atoms with Crippen molar-refractivity contribution >= 4 is 18.3 Å². The molecular formula is C21H27ClN2O4. The Morgan fingerprint density at radius 3 is 2.32 bits per heavy atom. The van der Waals surface area contributed by atoms with Crippen LogP contribution in [0, 0.1) is 5.92 Å². The van der Waals surface area contributed by atoms with Gasteiger partial charge < -0.3 is 24.8 Å². The highest BCUT2D eigenvalue weighted by atomic mass is 35.5. The molecule has 0 spiro atoms. The number of carbonyl (C=O) groups excluding carboxylic acids is 1. The Morgan fingerprint density at radius 1 is 1.14 bits per heavy atom. The zero-order valence-corrected chi connectivity index (χ0v) is 17.0. The van der Waals surface area contributed by atoms with Crippen LogP contribution in [0.25, 0.3) is 0 Å². The number of likely N-dealkylation sites (tertiary alicyclic amines) is 1. The first-order valence-electron chi connectivity index (χ1n) is 9.08. The molecule has 1 unspecified atom stereocenters. The average Bonchev–Trinajstić information content (AvgIpc) is 3.21. The highest BCUT2D eigenvalue weighted by Gasteiger charge is 2.27. The van der Waals surface area contributed by atoms with Crippen LogP contribution in [0.3, 0.4) is 0 Å². The summed E-state index contributed by atoms with van der Waals surface area (Å²) < 4.78 is 16.9. The molecule has 0 aliphatic carbocycles. The smallest absolute Gasteiger partial charge is 0.254 e. The van der Waals surface area contributed by atoms with Crippen LogP contribution >= 0.6 is 12.4 Å². The molecule has 1 heterocycles. The monoisotopic (exact) mass is 406 g/mol. The highest BCUT2D eigenvalue weighted by molar-refractivity contribution is 5.95. The molecule has 0 radical (unpaired) electrons. The van der Waals surface area contributed by atoms with Crippen molar-refractivity contribution in [3.63, 3.8) is 0 Å². The Bertz CT molecular complexity index is 760. The Labute approximate surface area is 172 Å². The highest BCUT2D eigenvalue weighted by Crippen LogP contribution is 2.39. The van der Waals surface area contributed by atoms with Crippen LogP contribution in [-0.2, 0) is 6.61 Å². The molecule has 6 nitrogen and oxygen atoms in total. The predicted molar refractivity (Wildman–Crippen MR) is 111 cm³/mol. The molecule has 0 bridgehead atoms. The Kier molecular flexibility index (Phi) is 7.96. The van der Waals surface area contributed by atoms with E-state index in [-0.39, 0.29) is 18.3 Å². The second-order valence-corrected chi connectivity index (χ2v) is 6.63. The number of hydrogen-bond acceptors (Lipinski definition) is 5. The van der Waals surface area contributed by atoms with E-state index >= 15 is 0 Å². The van der Waals surface area contributed by atoms with Crippen LogP contribution < -0.4 is 19.9 Å². The Hall–Kier alpha value is -2.44. The summed E-state index contributed by atoms with van der Waals surface area (Å²) in [5.41, 5.74) is 7.29. The lowest BCUT2D eigenvalue weighted by Gasteiger charge is -2.19. The summed E-state index contributed by atoms with van der Waals surface area (Å²) in [6.07, 6.45) is 0.939. The van der Waals surface area contributed by atoms with E-state index in [9.17, 15) is 4.79 Å². The van der Waals surface area contributed by atoms with Crippen molar-refractivity contribution in [3.8, 4) is 17.2 Å². The summed E-state index contributed by atoms with van der Waals surface area (Å²) in [6, 6.07) is 13.3. The molecular weight excluding hydrogens is 380 g/mol. The second kappa shape index (κ2) is 10.2. The van der Waals surface area contributed by atoms with Crippen LogP contribution in [0.5, 0.6) is 17.2 Å². The average molecular weight is 407 g/mol. The molecule has 3 rings (SSSR count). The van der Waals surface area contributed by atoms with Crippen LogP contribution in [0.2, 0.25) is 0 Å². The van der Waals surface area contributed by atoms with E-state index < -0.39 is 0 Å². The van der Waals surface area contributed by atoms with Gasteiger partial charge in [-0.2, -0.15) is 0 Å². The first-order valence-corrected chi connectivity index (χ1v) is 9.08. The van der Waals surface area contributed by atoms with E-state index in [1.54, 1.807) is 26.4 Å². The molecule has 0 aromatic heterocycles. The van der Waals surface area contributed by atoms with Crippen LogP contribution in [0.4, 0.5) is 0 Å². The van der Waals surface area contributed by atoms with Gasteiger partial charge in [0.25, 0.3) is 5.91 Å². The third-order valence-electron chi connectivity index (χ3n) is 4.84. The summed E-state index contributed by atoms with van der Waals surface area (Å²) in [5.74, 6) is 1.76. The van der Waals surface area contributed by atoms with Gasteiger partial charge in [0.15, 0.2) is 11.5 Å². The Balaban J connectivity index is 0.00000280. The molecule has 152 valence electrons. The van der Waals surface area contributed by atoms with Gasteiger partial charge in [-0.3, -0.25) is 4.79 Å². The number of carbonyl (C=O) groups is 1. The molecule has 0 saturated carbocycles. The molecule has 28 heavy (non-hydrogen) atoms. The minimum Gasteiger partial charge on any atom is -0.493 e. The summed E-state index contributed by atoms with van der Waals surface area (Å²) >= 11 is 0. The summed E-state index contributed by atoms with van der Waals surface area (Å²) in [4.78, 5) is 14.7. The number of hydrogen-bond donors (Lipinski definition) is 1. The van der Waals surface area contributed by atoms with Gasteiger partial charge in [-0.1, -0.05) is 30.3 Å². The number of benzene rings is 2. The number of halogens is 1. The third kappa shape index (κ3) is 4.88. The molecule has 2 aromatic rings. The van der Waals surface area contributed by atoms with Gasteiger partial charge in [-0.15, -0.1) is 12.4 Å². The first-order chi connectivity index (χ1) is 13.2. The molecule has 7 heteroatoms. The van der Waals surface area contributed by atoms with Gasteiger partial charge >= 0.3 is 0 Å². The summed E-state index contributed by atoms with van der Waals surface area (Å²) in [6.45, 7) is 2.39. The third-order valence-corrected chi connectivity index (χ3v) is 4.84. The van der Waals surface area contributed by atoms with E-state index in [4.69, 9.17) is 19.9 Å². The van der Waals surface area contributed by atoms with Crippen molar-refractivity contribution in [1.29, 1.82) is 0 Å². The first kappa shape index (κ1) is 21.9. The van der Waals surface area contributed by atoms with E-state index in [1.165, 1.54) is 0 Å². The molecule has 2 N–H and O–H groups in total. The fraction of sp³-hybridized carbons (Fsp3) is 0.381. The zero-order chi connectivity index (χ0) is 19.2. The maximum Gasteiger partial charge on any atom is 0.254 e.